The summed E-state index contributed by atoms with van der Waals surface area (Å²) >= 11 is 0. The number of ether oxygens (including phenoxy) is 1. The second-order valence-corrected chi connectivity index (χ2v) is 4.61. The third kappa shape index (κ3) is 2.96. The molecule has 1 atom stereocenters. The Kier molecular flexibility index (Phi) is 3.89. The van der Waals surface area contributed by atoms with Gasteiger partial charge in [0.05, 0.1) is 12.5 Å². The summed E-state index contributed by atoms with van der Waals surface area (Å²) in [5.74, 6) is 0.547. The van der Waals surface area contributed by atoms with E-state index in [9.17, 15) is 4.79 Å². The summed E-state index contributed by atoms with van der Waals surface area (Å²) < 4.78 is 5.58. The summed E-state index contributed by atoms with van der Waals surface area (Å²) in [6.07, 6.45) is 0.648. The fourth-order valence-corrected chi connectivity index (χ4v) is 2.15. The first kappa shape index (κ1) is 13.2. The average molecular weight is 263 g/mol. The van der Waals surface area contributed by atoms with Gasteiger partial charge in [-0.25, -0.2) is 0 Å². The molecule has 102 valence electrons. The number of hydrogen-bond donors (Lipinski definition) is 2. The van der Waals surface area contributed by atoms with Gasteiger partial charge in [0.1, 0.15) is 12.4 Å². The monoisotopic (exact) mass is 263 g/mol. The number of para-hydroxylation sites is 1. The van der Waals surface area contributed by atoms with Crippen molar-refractivity contribution in [1.29, 1.82) is 0 Å². The van der Waals surface area contributed by atoms with Crippen LogP contribution in [0.1, 0.15) is 5.56 Å². The van der Waals surface area contributed by atoms with E-state index in [4.69, 9.17) is 15.7 Å². The number of carbonyl (C=O) groups is 1. The normalized spacial score (nSPS) is 18.4. The Morgan fingerprint density at radius 2 is 2.32 bits per heavy atom. The van der Waals surface area contributed by atoms with Gasteiger partial charge < -0.3 is 20.6 Å². The lowest BCUT2D eigenvalue weighted by atomic mass is 9.95. The maximum absolute atomic E-state index is 12.2. The molecule has 0 spiro atoms. The predicted molar refractivity (Wildman–Crippen MR) is 70.2 cm³/mol. The SMILES string of the molecule is CN(CC(N)=NO)C(=O)C1COc2ccccc2C1. The summed E-state index contributed by atoms with van der Waals surface area (Å²) in [7, 11) is 1.63. The van der Waals surface area contributed by atoms with Gasteiger partial charge in [-0.05, 0) is 18.1 Å². The van der Waals surface area contributed by atoms with Crippen molar-refractivity contribution in [2.75, 3.05) is 20.2 Å². The zero-order valence-electron chi connectivity index (χ0n) is 10.7. The summed E-state index contributed by atoms with van der Waals surface area (Å²) in [6.45, 7) is 0.462. The van der Waals surface area contributed by atoms with Crippen molar-refractivity contribution in [2.24, 2.45) is 16.8 Å². The van der Waals surface area contributed by atoms with Crippen molar-refractivity contribution in [2.45, 2.75) is 6.42 Å². The molecule has 1 heterocycles. The van der Waals surface area contributed by atoms with Crippen molar-refractivity contribution in [3.8, 4) is 5.75 Å². The van der Waals surface area contributed by atoms with Gasteiger partial charge in [0.25, 0.3) is 0 Å². The predicted octanol–water partition coefficient (Wildman–Crippen LogP) is 0.443. The van der Waals surface area contributed by atoms with Crippen LogP contribution in [-0.2, 0) is 11.2 Å². The molecule has 2 rings (SSSR count). The molecule has 1 aromatic rings. The molecular weight excluding hydrogens is 246 g/mol. The van der Waals surface area contributed by atoms with Crippen LogP contribution in [0.3, 0.4) is 0 Å². The van der Waals surface area contributed by atoms with Crippen molar-refractivity contribution in [1.82, 2.24) is 4.90 Å². The Labute approximate surface area is 111 Å². The zero-order chi connectivity index (χ0) is 13.8. The first-order chi connectivity index (χ1) is 9.11. The van der Waals surface area contributed by atoms with Crippen LogP contribution in [0.15, 0.2) is 29.4 Å². The Balaban J connectivity index is 2.02. The first-order valence-electron chi connectivity index (χ1n) is 6.04. The van der Waals surface area contributed by atoms with Crippen molar-refractivity contribution >= 4 is 11.7 Å². The maximum Gasteiger partial charge on any atom is 0.229 e. The quantitative estimate of drug-likeness (QED) is 0.358. The van der Waals surface area contributed by atoms with Gasteiger partial charge in [-0.2, -0.15) is 0 Å². The molecule has 0 aliphatic carbocycles. The topological polar surface area (TPSA) is 88.1 Å². The summed E-state index contributed by atoms with van der Waals surface area (Å²) in [5, 5.41) is 11.4. The number of fused-ring (bicyclic) bond motifs is 1. The molecule has 1 amide bonds. The summed E-state index contributed by atoms with van der Waals surface area (Å²) in [5.41, 5.74) is 6.42. The highest BCUT2D eigenvalue weighted by atomic mass is 16.5. The molecule has 0 fully saturated rings. The molecule has 0 aromatic heterocycles. The molecule has 0 bridgehead atoms. The van der Waals surface area contributed by atoms with Crippen LogP contribution in [0.5, 0.6) is 5.75 Å². The van der Waals surface area contributed by atoms with E-state index < -0.39 is 0 Å². The smallest absolute Gasteiger partial charge is 0.229 e. The third-order valence-electron chi connectivity index (χ3n) is 3.13. The highest BCUT2D eigenvalue weighted by Crippen LogP contribution is 2.27. The van der Waals surface area contributed by atoms with Gasteiger partial charge in [0, 0.05) is 7.05 Å². The second-order valence-electron chi connectivity index (χ2n) is 4.61. The summed E-state index contributed by atoms with van der Waals surface area (Å²) in [4.78, 5) is 13.7. The van der Waals surface area contributed by atoms with E-state index in [0.29, 0.717) is 13.0 Å². The van der Waals surface area contributed by atoms with E-state index in [-0.39, 0.29) is 24.2 Å². The molecule has 6 heteroatoms. The minimum absolute atomic E-state index is 0.00739. The number of rotatable bonds is 3. The lowest BCUT2D eigenvalue weighted by Gasteiger charge is -2.27. The van der Waals surface area contributed by atoms with Crippen molar-refractivity contribution in [3.63, 3.8) is 0 Å². The second kappa shape index (κ2) is 5.60. The first-order valence-corrected chi connectivity index (χ1v) is 6.04. The number of oxime groups is 1. The van der Waals surface area contributed by atoms with Gasteiger partial charge in [-0.15, -0.1) is 0 Å². The third-order valence-corrected chi connectivity index (χ3v) is 3.13. The number of likely N-dealkylation sites (N-methyl/N-ethyl adjacent to an activating group) is 1. The number of nitrogens with two attached hydrogens (primary N) is 1. The highest BCUT2D eigenvalue weighted by molar-refractivity contribution is 5.87. The van der Waals surface area contributed by atoms with Crippen LogP contribution < -0.4 is 10.5 Å². The zero-order valence-corrected chi connectivity index (χ0v) is 10.7. The van der Waals surface area contributed by atoms with E-state index in [1.807, 2.05) is 24.3 Å². The largest absolute Gasteiger partial charge is 0.492 e. The highest BCUT2D eigenvalue weighted by Gasteiger charge is 2.28. The van der Waals surface area contributed by atoms with Crippen LogP contribution in [0.2, 0.25) is 0 Å². The van der Waals surface area contributed by atoms with Crippen LogP contribution >= 0.6 is 0 Å². The van der Waals surface area contributed by atoms with E-state index in [2.05, 4.69) is 5.16 Å². The molecule has 3 N–H and O–H groups in total. The molecule has 1 aliphatic rings. The lowest BCUT2D eigenvalue weighted by Crippen LogP contribution is -2.42. The molecule has 1 aromatic carbocycles. The molecule has 0 saturated heterocycles. The minimum atomic E-state index is -0.230. The fourth-order valence-electron chi connectivity index (χ4n) is 2.15. The van der Waals surface area contributed by atoms with Gasteiger partial charge in [0.2, 0.25) is 5.91 Å². The van der Waals surface area contributed by atoms with Crippen molar-refractivity contribution < 1.29 is 14.7 Å². The maximum atomic E-state index is 12.2. The number of nitrogens with zero attached hydrogens (tertiary/aromatic N) is 2. The Bertz CT molecular complexity index is 502. The Morgan fingerprint density at radius 1 is 1.58 bits per heavy atom. The molecule has 6 nitrogen and oxygen atoms in total. The van der Waals surface area contributed by atoms with Crippen LogP contribution in [0.4, 0.5) is 0 Å². The van der Waals surface area contributed by atoms with Gasteiger partial charge in [-0.1, -0.05) is 23.4 Å². The number of amides is 1. The van der Waals surface area contributed by atoms with Gasteiger partial charge in [0.15, 0.2) is 5.84 Å². The number of carbonyl (C=O) groups excluding carboxylic acids is 1. The van der Waals surface area contributed by atoms with Gasteiger partial charge in [-0.3, -0.25) is 4.79 Å². The number of amidine groups is 1. The number of hydrogen-bond acceptors (Lipinski definition) is 4. The standard InChI is InChI=1S/C13H17N3O3/c1-16(7-12(14)15-18)13(17)10-6-9-4-2-3-5-11(9)19-8-10/h2-5,10,18H,6-8H2,1H3,(H2,14,15). The van der Waals surface area contributed by atoms with Crippen LogP contribution in [-0.4, -0.2) is 42.0 Å². The molecule has 1 unspecified atom stereocenters. The van der Waals surface area contributed by atoms with Crippen LogP contribution in [0, 0.1) is 5.92 Å². The van der Waals surface area contributed by atoms with E-state index in [1.54, 1.807) is 7.05 Å². The average Bonchev–Trinajstić information content (AvgIpc) is 2.45. The summed E-state index contributed by atoms with van der Waals surface area (Å²) in [6, 6.07) is 7.69. The Morgan fingerprint density at radius 3 is 3.05 bits per heavy atom. The van der Waals surface area contributed by atoms with E-state index in [0.717, 1.165) is 11.3 Å². The molecule has 19 heavy (non-hydrogen) atoms. The molecular formula is C13H17N3O3. The fraction of sp³-hybridized carbons (Fsp3) is 0.385. The van der Waals surface area contributed by atoms with Crippen LogP contribution in [0.25, 0.3) is 0 Å². The molecule has 0 saturated carbocycles. The molecule has 0 radical (unpaired) electrons. The molecule has 1 aliphatic heterocycles. The van der Waals surface area contributed by atoms with Gasteiger partial charge >= 0.3 is 0 Å². The van der Waals surface area contributed by atoms with E-state index in [1.165, 1.54) is 4.90 Å². The minimum Gasteiger partial charge on any atom is -0.492 e. The number of benzene rings is 1. The lowest BCUT2D eigenvalue weighted by molar-refractivity contribution is -0.134. The Hall–Kier alpha value is -2.24. The van der Waals surface area contributed by atoms with Crippen molar-refractivity contribution in [3.05, 3.63) is 29.8 Å². The van der Waals surface area contributed by atoms with E-state index >= 15 is 0 Å².